The van der Waals surface area contributed by atoms with Crippen LogP contribution >= 0.6 is 23.4 Å². The second-order valence-electron chi connectivity index (χ2n) is 4.84. The van der Waals surface area contributed by atoms with Gasteiger partial charge in [-0.05, 0) is 42.9 Å². The third-order valence-corrected chi connectivity index (χ3v) is 4.07. The molecule has 0 aromatic heterocycles. The summed E-state index contributed by atoms with van der Waals surface area (Å²) in [5.74, 6) is 1.15. The van der Waals surface area contributed by atoms with E-state index in [4.69, 9.17) is 11.6 Å². The molecule has 0 radical (unpaired) electrons. The van der Waals surface area contributed by atoms with Crippen molar-refractivity contribution in [3.8, 4) is 0 Å². The highest BCUT2D eigenvalue weighted by molar-refractivity contribution is 7.98. The number of hydrogen-bond acceptors (Lipinski definition) is 3. The lowest BCUT2D eigenvalue weighted by Gasteiger charge is -2.22. The molecule has 0 saturated heterocycles. The molecular weight excluding hydrogens is 264 g/mol. The number of rotatable bonds is 7. The molecule has 2 rings (SSSR count). The van der Waals surface area contributed by atoms with Gasteiger partial charge in [0.1, 0.15) is 0 Å². The van der Waals surface area contributed by atoms with Crippen LogP contribution in [0.4, 0.5) is 5.69 Å². The number of nitrogens with zero attached hydrogens (tertiary/aromatic N) is 1. The summed E-state index contributed by atoms with van der Waals surface area (Å²) in [5, 5.41) is 4.38. The molecule has 0 unspecified atom stereocenters. The van der Waals surface area contributed by atoms with E-state index in [1.54, 1.807) is 0 Å². The lowest BCUT2D eigenvalue weighted by Crippen LogP contribution is -2.23. The van der Waals surface area contributed by atoms with Crippen molar-refractivity contribution >= 4 is 29.1 Å². The van der Waals surface area contributed by atoms with Gasteiger partial charge in [-0.3, -0.25) is 0 Å². The van der Waals surface area contributed by atoms with Crippen molar-refractivity contribution in [2.45, 2.75) is 25.4 Å². The first-order valence-electron chi connectivity index (χ1n) is 6.42. The monoisotopic (exact) mass is 284 g/mol. The number of thioether (sulfide) groups is 1. The lowest BCUT2D eigenvalue weighted by atomic mass is 10.1. The Balaban J connectivity index is 2.05. The van der Waals surface area contributed by atoms with Crippen LogP contribution in [-0.4, -0.2) is 31.6 Å². The molecule has 0 bridgehead atoms. The molecule has 100 valence electrons. The fourth-order valence-electron chi connectivity index (χ4n) is 1.96. The molecule has 2 nitrogen and oxygen atoms in total. The number of hydrogen-bond donors (Lipinski definition) is 1. The number of benzene rings is 1. The van der Waals surface area contributed by atoms with Crippen LogP contribution in [0.15, 0.2) is 18.2 Å². The zero-order chi connectivity index (χ0) is 13.0. The zero-order valence-electron chi connectivity index (χ0n) is 11.1. The topological polar surface area (TPSA) is 15.3 Å². The summed E-state index contributed by atoms with van der Waals surface area (Å²) in [6, 6.07) is 6.93. The van der Waals surface area contributed by atoms with Gasteiger partial charge in [-0.25, -0.2) is 0 Å². The minimum atomic E-state index is 0.730. The quantitative estimate of drug-likeness (QED) is 0.826. The Morgan fingerprint density at radius 3 is 2.89 bits per heavy atom. The van der Waals surface area contributed by atoms with Gasteiger partial charge in [0, 0.05) is 42.6 Å². The van der Waals surface area contributed by atoms with E-state index >= 15 is 0 Å². The van der Waals surface area contributed by atoms with E-state index in [-0.39, 0.29) is 0 Å². The highest BCUT2D eigenvalue weighted by Crippen LogP contribution is 2.26. The molecule has 0 heterocycles. The van der Waals surface area contributed by atoms with Gasteiger partial charge < -0.3 is 10.2 Å². The maximum Gasteiger partial charge on any atom is 0.0410 e. The van der Waals surface area contributed by atoms with Crippen molar-refractivity contribution in [1.82, 2.24) is 5.32 Å². The average Bonchev–Trinajstić information content (AvgIpc) is 3.17. The number of halogens is 1. The Kier molecular flexibility index (Phi) is 5.22. The second-order valence-corrected chi connectivity index (χ2v) is 6.26. The molecule has 1 aromatic carbocycles. The Morgan fingerprint density at radius 1 is 1.44 bits per heavy atom. The fraction of sp³-hybridized carbons (Fsp3) is 0.571. The SMILES string of the molecule is CSCCN(C)c1ccc(Cl)cc1CNC1CC1. The predicted molar refractivity (Wildman–Crippen MR) is 83.0 cm³/mol. The largest absolute Gasteiger partial charge is 0.374 e. The number of anilines is 1. The van der Waals surface area contributed by atoms with Crippen molar-refractivity contribution < 1.29 is 0 Å². The van der Waals surface area contributed by atoms with E-state index in [9.17, 15) is 0 Å². The molecule has 1 aliphatic rings. The van der Waals surface area contributed by atoms with E-state index in [0.29, 0.717) is 0 Å². The minimum Gasteiger partial charge on any atom is -0.374 e. The van der Waals surface area contributed by atoms with Crippen molar-refractivity contribution in [2.24, 2.45) is 0 Å². The van der Waals surface area contributed by atoms with Crippen LogP contribution in [0.3, 0.4) is 0 Å². The van der Waals surface area contributed by atoms with Crippen LogP contribution in [0.5, 0.6) is 0 Å². The minimum absolute atomic E-state index is 0.730. The van der Waals surface area contributed by atoms with Crippen molar-refractivity contribution in [3.05, 3.63) is 28.8 Å². The van der Waals surface area contributed by atoms with Crippen LogP contribution in [-0.2, 0) is 6.54 Å². The third kappa shape index (κ3) is 4.08. The summed E-state index contributed by atoms with van der Waals surface area (Å²) in [6.07, 6.45) is 4.78. The molecule has 18 heavy (non-hydrogen) atoms. The fourth-order valence-corrected chi connectivity index (χ4v) is 2.61. The van der Waals surface area contributed by atoms with Gasteiger partial charge in [0.05, 0.1) is 0 Å². The molecule has 4 heteroatoms. The van der Waals surface area contributed by atoms with E-state index in [1.807, 2.05) is 17.8 Å². The Bertz CT molecular complexity index is 393. The Morgan fingerprint density at radius 2 is 2.22 bits per heavy atom. The molecule has 0 spiro atoms. The van der Waals surface area contributed by atoms with Crippen molar-refractivity contribution in [1.29, 1.82) is 0 Å². The standard InChI is InChI=1S/C14H21ClN2S/c1-17(7-8-18-2)14-6-3-12(15)9-11(14)10-16-13-4-5-13/h3,6,9,13,16H,4-5,7-8,10H2,1-2H3. The molecule has 1 aliphatic carbocycles. The van der Waals surface area contributed by atoms with E-state index < -0.39 is 0 Å². The van der Waals surface area contributed by atoms with Crippen LogP contribution < -0.4 is 10.2 Å². The van der Waals surface area contributed by atoms with Crippen LogP contribution in [0.2, 0.25) is 5.02 Å². The first kappa shape index (κ1) is 14.0. The van der Waals surface area contributed by atoms with Gasteiger partial charge in [-0.2, -0.15) is 11.8 Å². The molecule has 0 atom stereocenters. The van der Waals surface area contributed by atoms with Gasteiger partial charge in [0.25, 0.3) is 0 Å². The summed E-state index contributed by atoms with van der Waals surface area (Å²) in [6.45, 7) is 1.99. The highest BCUT2D eigenvalue weighted by Gasteiger charge is 2.20. The predicted octanol–water partition coefficient (Wildman–Crippen LogP) is 3.39. The number of nitrogens with one attached hydrogen (secondary N) is 1. The van der Waals surface area contributed by atoms with Gasteiger partial charge >= 0.3 is 0 Å². The zero-order valence-corrected chi connectivity index (χ0v) is 12.7. The molecule has 1 fully saturated rings. The Labute approximate surface area is 119 Å². The van der Waals surface area contributed by atoms with Gasteiger partial charge in [0.15, 0.2) is 0 Å². The van der Waals surface area contributed by atoms with E-state index in [2.05, 4.69) is 35.7 Å². The van der Waals surface area contributed by atoms with E-state index in [0.717, 1.165) is 29.9 Å². The van der Waals surface area contributed by atoms with Crippen LogP contribution in [0, 0.1) is 0 Å². The van der Waals surface area contributed by atoms with Crippen molar-refractivity contribution in [3.63, 3.8) is 0 Å². The average molecular weight is 285 g/mol. The van der Waals surface area contributed by atoms with Crippen LogP contribution in [0.25, 0.3) is 0 Å². The van der Waals surface area contributed by atoms with Crippen LogP contribution in [0.1, 0.15) is 18.4 Å². The van der Waals surface area contributed by atoms with Gasteiger partial charge in [0.2, 0.25) is 0 Å². The first-order chi connectivity index (χ1) is 8.70. The highest BCUT2D eigenvalue weighted by atomic mass is 35.5. The lowest BCUT2D eigenvalue weighted by molar-refractivity contribution is 0.686. The Hall–Kier alpha value is -0.380. The molecule has 1 N–H and O–H groups in total. The molecule has 0 aliphatic heterocycles. The maximum absolute atomic E-state index is 6.11. The molecule has 1 aromatic rings. The first-order valence-corrected chi connectivity index (χ1v) is 8.20. The maximum atomic E-state index is 6.11. The molecule has 1 saturated carbocycles. The summed E-state index contributed by atoms with van der Waals surface area (Å²) in [5.41, 5.74) is 2.60. The van der Waals surface area contributed by atoms with Gasteiger partial charge in [-0.15, -0.1) is 0 Å². The second kappa shape index (κ2) is 6.69. The summed E-state index contributed by atoms with van der Waals surface area (Å²) < 4.78 is 0. The summed E-state index contributed by atoms with van der Waals surface area (Å²) in [4.78, 5) is 2.32. The van der Waals surface area contributed by atoms with Crippen molar-refractivity contribution in [2.75, 3.05) is 30.5 Å². The normalized spacial score (nSPS) is 14.8. The third-order valence-electron chi connectivity index (χ3n) is 3.24. The molecule has 0 amide bonds. The summed E-state index contributed by atoms with van der Waals surface area (Å²) in [7, 11) is 2.15. The summed E-state index contributed by atoms with van der Waals surface area (Å²) >= 11 is 7.98. The van der Waals surface area contributed by atoms with E-state index in [1.165, 1.54) is 24.1 Å². The smallest absolute Gasteiger partial charge is 0.0410 e. The molecular formula is C14H21ClN2S. The van der Waals surface area contributed by atoms with Gasteiger partial charge in [-0.1, -0.05) is 11.6 Å².